The predicted molar refractivity (Wildman–Crippen MR) is 64.9 cm³/mol. The summed E-state index contributed by atoms with van der Waals surface area (Å²) in [5.41, 5.74) is 1.37. The Morgan fingerprint density at radius 1 is 1.53 bits per heavy atom. The van der Waals surface area contributed by atoms with Gasteiger partial charge in [-0.3, -0.25) is 0 Å². The topological polar surface area (TPSA) is 35.8 Å². The van der Waals surface area contributed by atoms with E-state index in [1.807, 2.05) is 11.3 Å². The number of rotatable bonds is 6. The van der Waals surface area contributed by atoms with E-state index >= 15 is 0 Å². The Bertz CT molecular complexity index is 325. The third kappa shape index (κ3) is 4.03. The van der Waals surface area contributed by atoms with Gasteiger partial charge in [0.1, 0.15) is 0 Å². The number of nitrogens with one attached hydrogen (secondary N) is 1. The Balaban J connectivity index is 2.23. The molecule has 0 amide bonds. The standard InChI is InChI=1S/C12H18N2S/c1-10-6-9-15-12(10)11(2)14-8-5-3-4-7-13/h6,9,11,14H,3-5,8H2,1-2H3. The van der Waals surface area contributed by atoms with Crippen molar-refractivity contribution in [2.75, 3.05) is 6.54 Å². The molecule has 15 heavy (non-hydrogen) atoms. The van der Waals surface area contributed by atoms with E-state index in [0.717, 1.165) is 19.4 Å². The van der Waals surface area contributed by atoms with Crippen molar-refractivity contribution in [1.29, 1.82) is 5.26 Å². The first kappa shape index (κ1) is 12.2. The summed E-state index contributed by atoms with van der Waals surface area (Å²) in [6, 6.07) is 4.76. The summed E-state index contributed by atoms with van der Waals surface area (Å²) in [6.07, 6.45) is 2.76. The Hall–Kier alpha value is -0.850. The SMILES string of the molecule is Cc1ccsc1C(C)NCCCCC#N. The van der Waals surface area contributed by atoms with Crippen molar-refractivity contribution < 1.29 is 0 Å². The number of aryl methyl sites for hydroxylation is 1. The second kappa shape index (κ2) is 6.60. The molecule has 0 fully saturated rings. The summed E-state index contributed by atoms with van der Waals surface area (Å²) in [5.74, 6) is 0. The molecule has 0 aliphatic rings. The quantitative estimate of drug-likeness (QED) is 0.749. The van der Waals surface area contributed by atoms with Crippen LogP contribution < -0.4 is 5.32 Å². The van der Waals surface area contributed by atoms with Gasteiger partial charge in [0, 0.05) is 17.3 Å². The van der Waals surface area contributed by atoms with E-state index in [9.17, 15) is 0 Å². The van der Waals surface area contributed by atoms with Gasteiger partial charge >= 0.3 is 0 Å². The average molecular weight is 222 g/mol. The average Bonchev–Trinajstić information content (AvgIpc) is 2.64. The second-order valence-corrected chi connectivity index (χ2v) is 4.71. The maximum atomic E-state index is 8.39. The Kier molecular flexibility index (Phi) is 5.38. The molecule has 1 heterocycles. The lowest BCUT2D eigenvalue weighted by Gasteiger charge is -2.12. The number of nitrogens with zero attached hydrogens (tertiary/aromatic N) is 1. The van der Waals surface area contributed by atoms with Gasteiger partial charge in [0.05, 0.1) is 6.07 Å². The highest BCUT2D eigenvalue weighted by molar-refractivity contribution is 7.10. The van der Waals surface area contributed by atoms with Crippen LogP contribution in [0.15, 0.2) is 11.4 Å². The van der Waals surface area contributed by atoms with Gasteiger partial charge in [0.2, 0.25) is 0 Å². The van der Waals surface area contributed by atoms with Gasteiger partial charge in [-0.05, 0) is 50.2 Å². The van der Waals surface area contributed by atoms with Crippen LogP contribution in [0.3, 0.4) is 0 Å². The molecular weight excluding hydrogens is 204 g/mol. The number of unbranched alkanes of at least 4 members (excludes halogenated alkanes) is 2. The van der Waals surface area contributed by atoms with E-state index < -0.39 is 0 Å². The molecule has 0 aliphatic heterocycles. The lowest BCUT2D eigenvalue weighted by Crippen LogP contribution is -2.19. The number of nitriles is 1. The minimum atomic E-state index is 0.437. The van der Waals surface area contributed by atoms with Crippen molar-refractivity contribution in [3.05, 3.63) is 21.9 Å². The monoisotopic (exact) mass is 222 g/mol. The van der Waals surface area contributed by atoms with Gasteiger partial charge in [-0.25, -0.2) is 0 Å². The molecule has 0 spiro atoms. The molecule has 1 aromatic rings. The first-order valence-corrected chi connectivity index (χ1v) is 6.28. The summed E-state index contributed by atoms with van der Waals surface area (Å²) in [6.45, 7) is 5.35. The summed E-state index contributed by atoms with van der Waals surface area (Å²) in [5, 5.41) is 14.0. The van der Waals surface area contributed by atoms with Crippen LogP contribution in [0.2, 0.25) is 0 Å². The second-order valence-electron chi connectivity index (χ2n) is 3.76. The van der Waals surface area contributed by atoms with Crippen LogP contribution >= 0.6 is 11.3 Å². The van der Waals surface area contributed by atoms with Gasteiger partial charge in [-0.2, -0.15) is 5.26 Å². The van der Waals surface area contributed by atoms with Crippen molar-refractivity contribution in [2.24, 2.45) is 0 Å². The van der Waals surface area contributed by atoms with Crippen molar-refractivity contribution in [3.8, 4) is 6.07 Å². The predicted octanol–water partition coefficient (Wildman–Crippen LogP) is 3.40. The fourth-order valence-electron chi connectivity index (χ4n) is 1.57. The fraction of sp³-hybridized carbons (Fsp3) is 0.583. The Morgan fingerprint density at radius 3 is 2.93 bits per heavy atom. The third-order valence-corrected chi connectivity index (χ3v) is 3.66. The lowest BCUT2D eigenvalue weighted by atomic mass is 10.2. The van der Waals surface area contributed by atoms with Crippen LogP contribution in [-0.2, 0) is 0 Å². The third-order valence-electron chi connectivity index (χ3n) is 2.46. The van der Waals surface area contributed by atoms with E-state index in [-0.39, 0.29) is 0 Å². The molecule has 2 nitrogen and oxygen atoms in total. The molecule has 1 atom stereocenters. The van der Waals surface area contributed by atoms with Crippen LogP contribution in [-0.4, -0.2) is 6.54 Å². The highest BCUT2D eigenvalue weighted by Gasteiger charge is 2.07. The fourth-order valence-corrected chi connectivity index (χ4v) is 2.53. The molecule has 0 aromatic carbocycles. The summed E-state index contributed by atoms with van der Waals surface area (Å²) >= 11 is 1.81. The number of thiophene rings is 1. The van der Waals surface area contributed by atoms with Crippen LogP contribution in [0.25, 0.3) is 0 Å². The van der Waals surface area contributed by atoms with Crippen molar-refractivity contribution in [3.63, 3.8) is 0 Å². The smallest absolute Gasteiger partial charge is 0.0621 e. The Morgan fingerprint density at radius 2 is 2.33 bits per heavy atom. The highest BCUT2D eigenvalue weighted by Crippen LogP contribution is 2.23. The molecule has 1 rings (SSSR count). The van der Waals surface area contributed by atoms with E-state index in [4.69, 9.17) is 5.26 Å². The normalized spacial score (nSPS) is 12.3. The summed E-state index contributed by atoms with van der Waals surface area (Å²) in [7, 11) is 0. The molecule has 3 heteroatoms. The van der Waals surface area contributed by atoms with Gasteiger partial charge in [-0.1, -0.05) is 0 Å². The molecule has 1 unspecified atom stereocenters. The molecule has 0 aliphatic carbocycles. The van der Waals surface area contributed by atoms with Crippen molar-refractivity contribution in [2.45, 2.75) is 39.2 Å². The first-order chi connectivity index (χ1) is 7.25. The zero-order valence-corrected chi connectivity index (χ0v) is 10.2. The molecule has 1 N–H and O–H groups in total. The first-order valence-electron chi connectivity index (χ1n) is 5.40. The molecule has 1 aromatic heterocycles. The molecule has 0 saturated heterocycles. The minimum Gasteiger partial charge on any atom is -0.309 e. The summed E-state index contributed by atoms with van der Waals surface area (Å²) in [4.78, 5) is 1.43. The molecule has 0 bridgehead atoms. The highest BCUT2D eigenvalue weighted by atomic mass is 32.1. The van der Waals surface area contributed by atoms with E-state index in [2.05, 4.69) is 36.7 Å². The van der Waals surface area contributed by atoms with Crippen LogP contribution in [0.4, 0.5) is 0 Å². The van der Waals surface area contributed by atoms with Crippen molar-refractivity contribution >= 4 is 11.3 Å². The molecule has 0 radical (unpaired) electrons. The van der Waals surface area contributed by atoms with Crippen LogP contribution in [0.5, 0.6) is 0 Å². The van der Waals surface area contributed by atoms with E-state index in [1.165, 1.54) is 10.4 Å². The van der Waals surface area contributed by atoms with Gasteiger partial charge in [0.25, 0.3) is 0 Å². The van der Waals surface area contributed by atoms with Gasteiger partial charge in [0.15, 0.2) is 0 Å². The molecule has 0 saturated carbocycles. The number of hydrogen-bond acceptors (Lipinski definition) is 3. The maximum Gasteiger partial charge on any atom is 0.0621 e. The van der Waals surface area contributed by atoms with E-state index in [0.29, 0.717) is 12.5 Å². The zero-order valence-electron chi connectivity index (χ0n) is 9.42. The molecule has 82 valence electrons. The largest absolute Gasteiger partial charge is 0.309 e. The molecular formula is C12H18N2S. The maximum absolute atomic E-state index is 8.39. The van der Waals surface area contributed by atoms with Gasteiger partial charge in [-0.15, -0.1) is 11.3 Å². The summed E-state index contributed by atoms with van der Waals surface area (Å²) < 4.78 is 0. The zero-order chi connectivity index (χ0) is 11.1. The number of hydrogen-bond donors (Lipinski definition) is 1. The van der Waals surface area contributed by atoms with Crippen molar-refractivity contribution in [1.82, 2.24) is 5.32 Å². The lowest BCUT2D eigenvalue weighted by molar-refractivity contribution is 0.553. The van der Waals surface area contributed by atoms with Crippen LogP contribution in [0, 0.1) is 18.3 Å². The van der Waals surface area contributed by atoms with Crippen LogP contribution in [0.1, 0.15) is 42.7 Å². The van der Waals surface area contributed by atoms with E-state index in [1.54, 1.807) is 0 Å². The Labute approximate surface area is 95.9 Å². The minimum absolute atomic E-state index is 0.437. The van der Waals surface area contributed by atoms with Gasteiger partial charge < -0.3 is 5.32 Å².